The van der Waals surface area contributed by atoms with Gasteiger partial charge in [-0.05, 0) is 35.4 Å². The third-order valence-corrected chi connectivity index (χ3v) is 4.32. The zero-order chi connectivity index (χ0) is 21.0. The molecular weight excluding hydrogens is 392 g/mol. The summed E-state index contributed by atoms with van der Waals surface area (Å²) in [5.41, 5.74) is 1.48. The molecule has 0 aromatic heterocycles. The maximum absolute atomic E-state index is 9.35. The Balaban J connectivity index is 1.61. The zero-order valence-corrected chi connectivity index (χ0v) is 16.9. The molecule has 1 aliphatic rings. The van der Waals surface area contributed by atoms with Crippen LogP contribution in [0.5, 0.6) is 23.0 Å². The lowest BCUT2D eigenvalue weighted by molar-refractivity contribution is 0.0639. The molecule has 0 radical (unpaired) electrons. The van der Waals surface area contributed by atoms with E-state index in [0.717, 1.165) is 11.1 Å². The number of fused-ring (bicyclic) bond motifs is 2. The molecule has 1 heterocycles. The van der Waals surface area contributed by atoms with Crippen molar-refractivity contribution in [3.8, 4) is 23.0 Å². The van der Waals surface area contributed by atoms with Gasteiger partial charge in [0.15, 0.2) is 23.0 Å². The van der Waals surface area contributed by atoms with Gasteiger partial charge >= 0.3 is 0 Å². The number of aliphatic hydroxyl groups is 2. The van der Waals surface area contributed by atoms with Gasteiger partial charge in [-0.3, -0.25) is 0 Å². The Kier molecular flexibility index (Phi) is 9.04. The van der Waals surface area contributed by atoms with Gasteiger partial charge in [0.05, 0.1) is 39.6 Å². The maximum atomic E-state index is 9.35. The van der Waals surface area contributed by atoms with Crippen LogP contribution in [0.2, 0.25) is 0 Å². The fourth-order valence-electron chi connectivity index (χ4n) is 2.81. The topological polar surface area (TPSA) is 95.8 Å². The molecule has 30 heavy (non-hydrogen) atoms. The van der Waals surface area contributed by atoms with Crippen molar-refractivity contribution < 1.29 is 38.6 Å². The van der Waals surface area contributed by atoms with E-state index in [1.54, 1.807) is 36.4 Å². The van der Waals surface area contributed by atoms with E-state index in [9.17, 15) is 10.2 Å². The molecule has 3 rings (SSSR count). The number of hydrogen-bond donors (Lipinski definition) is 2. The lowest BCUT2D eigenvalue weighted by atomic mass is 10.2. The van der Waals surface area contributed by atoms with E-state index in [1.807, 2.05) is 0 Å². The molecule has 2 aromatic rings. The van der Waals surface area contributed by atoms with Crippen LogP contribution < -0.4 is 18.9 Å². The molecule has 0 fully saturated rings. The standard InChI is InChI=1S/C22H28O8/c23-15-17-1-3-19-21(13-17)29-11-7-26-8-12-30-22-14-18(16-24)2-4-20(22)28-10-6-25-5-9-27-19/h1-4,13-14,23-24H,5-12,15-16H2. The number of hydrogen-bond acceptors (Lipinski definition) is 8. The minimum atomic E-state index is -0.0763. The van der Waals surface area contributed by atoms with E-state index >= 15 is 0 Å². The molecule has 0 atom stereocenters. The third kappa shape index (κ3) is 6.77. The predicted octanol–water partition coefficient (Wildman–Crippen LogP) is 1.93. The van der Waals surface area contributed by atoms with E-state index < -0.39 is 0 Å². The van der Waals surface area contributed by atoms with E-state index in [-0.39, 0.29) is 13.2 Å². The molecule has 0 unspecified atom stereocenters. The van der Waals surface area contributed by atoms with Crippen molar-refractivity contribution in [2.24, 2.45) is 0 Å². The van der Waals surface area contributed by atoms with Crippen molar-refractivity contribution in [1.82, 2.24) is 0 Å². The predicted molar refractivity (Wildman–Crippen MR) is 108 cm³/mol. The molecule has 8 nitrogen and oxygen atoms in total. The summed E-state index contributed by atoms with van der Waals surface area (Å²) in [6, 6.07) is 10.6. The number of ether oxygens (including phenoxy) is 6. The first-order valence-corrected chi connectivity index (χ1v) is 9.94. The van der Waals surface area contributed by atoms with Crippen LogP contribution in [0.15, 0.2) is 36.4 Å². The molecule has 8 heteroatoms. The van der Waals surface area contributed by atoms with Crippen molar-refractivity contribution in [3.63, 3.8) is 0 Å². The van der Waals surface area contributed by atoms with Gasteiger partial charge < -0.3 is 38.6 Å². The molecule has 0 spiro atoms. The second kappa shape index (κ2) is 12.2. The van der Waals surface area contributed by atoms with Gasteiger partial charge in [0.25, 0.3) is 0 Å². The summed E-state index contributed by atoms with van der Waals surface area (Å²) in [5.74, 6) is 2.28. The monoisotopic (exact) mass is 420 g/mol. The molecule has 0 saturated carbocycles. The van der Waals surface area contributed by atoms with Gasteiger partial charge in [-0.15, -0.1) is 0 Å². The second-order valence-electron chi connectivity index (χ2n) is 6.50. The van der Waals surface area contributed by atoms with Gasteiger partial charge in [-0.25, -0.2) is 0 Å². The van der Waals surface area contributed by atoms with Crippen molar-refractivity contribution in [2.45, 2.75) is 13.2 Å². The molecule has 2 N–H and O–H groups in total. The molecular formula is C22H28O8. The number of rotatable bonds is 2. The minimum absolute atomic E-state index is 0.0763. The summed E-state index contributed by atoms with van der Waals surface area (Å²) in [6.45, 7) is 2.73. The van der Waals surface area contributed by atoms with Crippen LogP contribution in [0.1, 0.15) is 11.1 Å². The summed E-state index contributed by atoms with van der Waals surface area (Å²) < 4.78 is 34.2. The molecule has 2 aromatic carbocycles. The lowest BCUT2D eigenvalue weighted by Crippen LogP contribution is -2.15. The van der Waals surface area contributed by atoms with E-state index in [2.05, 4.69) is 0 Å². The summed E-state index contributed by atoms with van der Waals surface area (Å²) >= 11 is 0. The first kappa shape index (κ1) is 22.2. The van der Waals surface area contributed by atoms with Gasteiger partial charge in [0.1, 0.15) is 26.4 Å². The first-order chi connectivity index (χ1) is 14.8. The Morgan fingerprint density at radius 1 is 0.500 bits per heavy atom. The average Bonchev–Trinajstić information content (AvgIpc) is 2.78. The SMILES string of the molecule is OCc1ccc2c(c1)OCCOCCOc1cc(CO)ccc1OCCOCCO2. The summed E-state index contributed by atoms with van der Waals surface area (Å²) in [5, 5.41) is 18.7. The lowest BCUT2D eigenvalue weighted by Gasteiger charge is -2.16. The van der Waals surface area contributed by atoms with Gasteiger partial charge in [-0.2, -0.15) is 0 Å². The molecule has 0 bridgehead atoms. The van der Waals surface area contributed by atoms with Crippen LogP contribution in [-0.4, -0.2) is 63.1 Å². The van der Waals surface area contributed by atoms with Crippen LogP contribution in [-0.2, 0) is 22.7 Å². The Labute approximate surface area is 175 Å². The highest BCUT2D eigenvalue weighted by molar-refractivity contribution is 5.43. The van der Waals surface area contributed by atoms with Crippen molar-refractivity contribution >= 4 is 0 Å². The molecule has 0 amide bonds. The first-order valence-electron chi connectivity index (χ1n) is 9.94. The molecule has 164 valence electrons. The van der Waals surface area contributed by atoms with E-state index in [0.29, 0.717) is 75.9 Å². The Bertz CT molecular complexity index is 716. The fourth-order valence-corrected chi connectivity index (χ4v) is 2.81. The van der Waals surface area contributed by atoms with E-state index in [1.165, 1.54) is 0 Å². The van der Waals surface area contributed by atoms with E-state index in [4.69, 9.17) is 28.4 Å². The molecule has 1 aliphatic heterocycles. The van der Waals surface area contributed by atoms with Crippen LogP contribution in [0.25, 0.3) is 0 Å². The number of benzene rings is 2. The summed E-state index contributed by atoms with van der Waals surface area (Å²) in [7, 11) is 0. The van der Waals surface area contributed by atoms with Gasteiger partial charge in [0.2, 0.25) is 0 Å². The normalized spacial score (nSPS) is 16.3. The zero-order valence-electron chi connectivity index (χ0n) is 16.9. The second-order valence-corrected chi connectivity index (χ2v) is 6.50. The van der Waals surface area contributed by atoms with Crippen LogP contribution in [0, 0.1) is 0 Å². The Morgan fingerprint density at radius 2 is 0.867 bits per heavy atom. The smallest absolute Gasteiger partial charge is 0.161 e. The Morgan fingerprint density at radius 3 is 1.23 bits per heavy atom. The quantitative estimate of drug-likeness (QED) is 0.761. The van der Waals surface area contributed by atoms with Crippen LogP contribution in [0.3, 0.4) is 0 Å². The highest BCUT2D eigenvalue weighted by atomic mass is 16.6. The van der Waals surface area contributed by atoms with Gasteiger partial charge in [-0.1, -0.05) is 12.1 Å². The summed E-state index contributed by atoms with van der Waals surface area (Å²) in [4.78, 5) is 0. The fraction of sp³-hybridized carbons (Fsp3) is 0.455. The molecule has 0 aliphatic carbocycles. The maximum Gasteiger partial charge on any atom is 0.161 e. The Hall–Kier alpha value is -2.52. The minimum Gasteiger partial charge on any atom is -0.487 e. The summed E-state index contributed by atoms with van der Waals surface area (Å²) in [6.07, 6.45) is 0. The van der Waals surface area contributed by atoms with Crippen LogP contribution >= 0.6 is 0 Å². The van der Waals surface area contributed by atoms with Gasteiger partial charge in [0, 0.05) is 0 Å². The van der Waals surface area contributed by atoms with Crippen molar-refractivity contribution in [2.75, 3.05) is 52.9 Å². The van der Waals surface area contributed by atoms with Crippen LogP contribution in [0.4, 0.5) is 0 Å². The van der Waals surface area contributed by atoms with Crippen molar-refractivity contribution in [1.29, 1.82) is 0 Å². The van der Waals surface area contributed by atoms with Crippen molar-refractivity contribution in [3.05, 3.63) is 47.5 Å². The highest BCUT2D eigenvalue weighted by Gasteiger charge is 2.09. The number of aliphatic hydroxyl groups excluding tert-OH is 2. The third-order valence-electron chi connectivity index (χ3n) is 4.32. The highest BCUT2D eigenvalue weighted by Crippen LogP contribution is 2.29. The largest absolute Gasteiger partial charge is 0.487 e. The molecule has 0 saturated heterocycles. The average molecular weight is 420 g/mol.